The minimum atomic E-state index is -1.50. The number of hydrogen-bond donors (Lipinski definition) is 4. The lowest BCUT2D eigenvalue weighted by molar-refractivity contribution is -0.147. The molecule has 1 unspecified atom stereocenters. The van der Waals surface area contributed by atoms with E-state index in [0.29, 0.717) is 18.0 Å². The monoisotopic (exact) mass is 583 g/mol. The van der Waals surface area contributed by atoms with Gasteiger partial charge in [0.15, 0.2) is 0 Å². The maximum absolute atomic E-state index is 13.8. The molecule has 3 fully saturated rings. The van der Waals surface area contributed by atoms with E-state index in [1.54, 1.807) is 18.5 Å². The van der Waals surface area contributed by atoms with Crippen LogP contribution in [-0.4, -0.2) is 85.9 Å². The number of ketones is 1. The number of aliphatic hydroxyl groups is 1. The number of halogens is 1. The number of amides is 3. The predicted molar refractivity (Wildman–Crippen MR) is 146 cm³/mol. The third-order valence-electron chi connectivity index (χ3n) is 8.41. The molecule has 6 N–H and O–H groups in total. The van der Waals surface area contributed by atoms with Crippen LogP contribution in [-0.2, 0) is 29.5 Å². The normalized spacial score (nSPS) is 24.1. The van der Waals surface area contributed by atoms with Gasteiger partial charge in [0.25, 0.3) is 5.91 Å². The first-order valence-electron chi connectivity index (χ1n) is 13.9. The second-order valence-corrected chi connectivity index (χ2v) is 11.7. The molecule has 0 radical (unpaired) electrons. The summed E-state index contributed by atoms with van der Waals surface area (Å²) in [6.45, 7) is 3.69. The number of hydrogen-bond acceptors (Lipinski definition) is 9. The average molecular weight is 584 g/mol. The third-order valence-corrected chi connectivity index (χ3v) is 8.41. The first kappa shape index (κ1) is 31.9. The highest BCUT2D eigenvalue weighted by atomic mass is 35.5. The second-order valence-electron chi connectivity index (χ2n) is 11.7. The Labute approximate surface area is 240 Å². The fraction of sp³-hybridized carbons (Fsp3) is 0.769. The molecule has 3 atom stereocenters. The summed E-state index contributed by atoms with van der Waals surface area (Å²) < 4.78 is 6.90. The van der Waals surface area contributed by atoms with Gasteiger partial charge in [0.2, 0.25) is 17.6 Å². The smallest absolute Gasteiger partial charge is 0.287 e. The highest BCUT2D eigenvalue weighted by Gasteiger charge is 2.49. The van der Waals surface area contributed by atoms with Crippen LogP contribution in [0.4, 0.5) is 0 Å². The van der Waals surface area contributed by atoms with E-state index in [9.17, 15) is 24.3 Å². The Morgan fingerprint density at radius 1 is 1.20 bits per heavy atom. The Balaban J connectivity index is 0.00000441. The summed E-state index contributed by atoms with van der Waals surface area (Å²) in [7, 11) is 0. The summed E-state index contributed by atoms with van der Waals surface area (Å²) in [5.74, 6) is -2.59. The van der Waals surface area contributed by atoms with E-state index in [-0.39, 0.29) is 57.3 Å². The van der Waals surface area contributed by atoms with Crippen molar-refractivity contribution in [2.24, 2.45) is 17.4 Å². The summed E-state index contributed by atoms with van der Waals surface area (Å²) in [6.07, 6.45) is 7.83. The van der Waals surface area contributed by atoms with Crippen LogP contribution in [0.15, 0.2) is 6.20 Å². The van der Waals surface area contributed by atoms with Crippen molar-refractivity contribution in [2.75, 3.05) is 19.8 Å². The lowest BCUT2D eigenvalue weighted by atomic mass is 9.84. The van der Waals surface area contributed by atoms with Crippen LogP contribution in [0.5, 0.6) is 0 Å². The average Bonchev–Trinajstić information content (AvgIpc) is 3.56. The third kappa shape index (κ3) is 6.81. The number of nitrogens with one attached hydrogen (secondary N) is 1. The van der Waals surface area contributed by atoms with Crippen molar-refractivity contribution in [3.8, 4) is 0 Å². The SMILES string of the molecule is CC(C)(O)c1cnnn1C1C[C@@H](C(=O)NC2(C(=O)C(N)=O)CCOCC2)N(C(=O)[C@H](N)CC2CCCCC2)C1.Cl. The molecule has 1 aromatic heterocycles. The van der Waals surface area contributed by atoms with Crippen molar-refractivity contribution < 1.29 is 29.0 Å². The zero-order valence-electron chi connectivity index (χ0n) is 23.2. The van der Waals surface area contributed by atoms with Crippen LogP contribution in [0.25, 0.3) is 0 Å². The van der Waals surface area contributed by atoms with Gasteiger partial charge in [-0.25, -0.2) is 4.68 Å². The summed E-state index contributed by atoms with van der Waals surface area (Å²) >= 11 is 0. The molecule has 0 bridgehead atoms. The van der Waals surface area contributed by atoms with Gasteiger partial charge in [-0.15, -0.1) is 17.5 Å². The molecule has 2 aliphatic heterocycles. The quantitative estimate of drug-likeness (QED) is 0.291. The Morgan fingerprint density at radius 3 is 2.45 bits per heavy atom. The van der Waals surface area contributed by atoms with E-state index in [2.05, 4.69) is 15.6 Å². The molecule has 224 valence electrons. The number of nitrogens with zero attached hydrogens (tertiary/aromatic N) is 4. The van der Waals surface area contributed by atoms with Gasteiger partial charge in [0.05, 0.1) is 24.0 Å². The zero-order valence-corrected chi connectivity index (χ0v) is 24.0. The molecular formula is C26H42ClN7O6. The Hall–Kier alpha value is -2.61. The van der Waals surface area contributed by atoms with Gasteiger partial charge in [-0.1, -0.05) is 37.3 Å². The largest absolute Gasteiger partial charge is 0.384 e. The van der Waals surface area contributed by atoms with Crippen molar-refractivity contribution in [2.45, 2.75) is 101 Å². The van der Waals surface area contributed by atoms with E-state index in [1.165, 1.54) is 17.5 Å². The van der Waals surface area contributed by atoms with Gasteiger partial charge < -0.3 is 31.5 Å². The molecule has 13 nitrogen and oxygen atoms in total. The fourth-order valence-corrected chi connectivity index (χ4v) is 6.21. The summed E-state index contributed by atoms with van der Waals surface area (Å²) in [5.41, 5.74) is 9.44. The van der Waals surface area contributed by atoms with Crippen LogP contribution in [0, 0.1) is 5.92 Å². The molecule has 1 aromatic rings. The van der Waals surface area contributed by atoms with Gasteiger partial charge in [0.1, 0.15) is 17.2 Å². The standard InChI is InChI=1S/C26H41N7O6.ClH/c1-25(2,38)20-14-29-31-33(20)17-13-19(23(36)30-26(21(34)22(28)35)8-10-39-11-9-26)32(15-17)24(37)18(27)12-16-6-4-3-5-7-16;/h14,16-19,38H,3-13,15,27H2,1-2H3,(H2,28,35)(H,30,36);1H/t17?,18-,19+;/m1./s1. The van der Waals surface area contributed by atoms with Gasteiger partial charge >= 0.3 is 0 Å². The lowest BCUT2D eigenvalue weighted by Gasteiger charge is -2.37. The van der Waals surface area contributed by atoms with Crippen molar-refractivity contribution in [1.29, 1.82) is 0 Å². The number of Topliss-reactive ketones (excluding diaryl/α,β-unsaturated/α-hetero) is 1. The maximum Gasteiger partial charge on any atom is 0.287 e. The van der Waals surface area contributed by atoms with E-state index >= 15 is 0 Å². The van der Waals surface area contributed by atoms with Crippen LogP contribution in [0.3, 0.4) is 0 Å². The van der Waals surface area contributed by atoms with Crippen molar-refractivity contribution in [1.82, 2.24) is 25.2 Å². The number of rotatable bonds is 9. The van der Waals surface area contributed by atoms with E-state index in [1.807, 2.05) is 0 Å². The molecule has 4 rings (SSSR count). The highest BCUT2D eigenvalue weighted by molar-refractivity contribution is 6.39. The number of nitrogens with two attached hydrogens (primary N) is 2. The van der Waals surface area contributed by atoms with Crippen molar-refractivity contribution in [3.63, 3.8) is 0 Å². The molecule has 3 amide bonds. The number of ether oxygens (including phenoxy) is 1. The predicted octanol–water partition coefficient (Wildman–Crippen LogP) is 0.0868. The van der Waals surface area contributed by atoms with Gasteiger partial charge in [0, 0.05) is 39.0 Å². The summed E-state index contributed by atoms with van der Waals surface area (Å²) in [6, 6.07) is -2.22. The Bertz CT molecular complexity index is 1080. The van der Waals surface area contributed by atoms with Crippen molar-refractivity contribution in [3.05, 3.63) is 11.9 Å². The van der Waals surface area contributed by atoms with Crippen molar-refractivity contribution >= 4 is 35.9 Å². The van der Waals surface area contributed by atoms with E-state index in [4.69, 9.17) is 16.2 Å². The van der Waals surface area contributed by atoms with E-state index in [0.717, 1.165) is 25.7 Å². The molecule has 40 heavy (non-hydrogen) atoms. The first-order chi connectivity index (χ1) is 18.4. The molecule has 14 heteroatoms. The number of carbonyl (C=O) groups excluding carboxylic acids is 4. The number of aromatic nitrogens is 3. The number of likely N-dealkylation sites (tertiary alicyclic amines) is 1. The number of primary amides is 1. The van der Waals surface area contributed by atoms with Crippen LogP contribution >= 0.6 is 12.4 Å². The minimum Gasteiger partial charge on any atom is -0.384 e. The summed E-state index contributed by atoms with van der Waals surface area (Å²) in [4.78, 5) is 53.6. The number of carbonyl (C=O) groups is 4. The molecule has 1 saturated carbocycles. The molecule has 3 heterocycles. The van der Waals surface area contributed by atoms with Crippen LogP contribution < -0.4 is 16.8 Å². The van der Waals surface area contributed by atoms with Gasteiger partial charge in [-0.2, -0.15) is 0 Å². The molecule has 0 aromatic carbocycles. The summed E-state index contributed by atoms with van der Waals surface area (Å²) in [5, 5.41) is 21.5. The second kappa shape index (κ2) is 12.9. The van der Waals surface area contributed by atoms with E-state index < -0.39 is 46.9 Å². The van der Waals surface area contributed by atoms with Crippen LogP contribution in [0.1, 0.15) is 83.4 Å². The topological polar surface area (TPSA) is 196 Å². The minimum absolute atomic E-state index is 0. The fourth-order valence-electron chi connectivity index (χ4n) is 6.21. The molecular weight excluding hydrogens is 542 g/mol. The molecule has 1 aliphatic carbocycles. The Kier molecular flexibility index (Phi) is 10.3. The van der Waals surface area contributed by atoms with Gasteiger partial charge in [-0.3, -0.25) is 19.2 Å². The molecule has 2 saturated heterocycles. The molecule has 3 aliphatic rings. The maximum atomic E-state index is 13.8. The van der Waals surface area contributed by atoms with Gasteiger partial charge in [-0.05, 0) is 26.2 Å². The molecule has 0 spiro atoms. The highest BCUT2D eigenvalue weighted by Crippen LogP contribution is 2.34. The lowest BCUT2D eigenvalue weighted by Crippen LogP contribution is -2.63. The zero-order chi connectivity index (χ0) is 28.4. The first-order valence-corrected chi connectivity index (χ1v) is 13.9. The Morgan fingerprint density at radius 2 is 1.85 bits per heavy atom. The van der Waals surface area contributed by atoms with Crippen LogP contribution in [0.2, 0.25) is 0 Å².